The molecule has 2 aromatic rings. The van der Waals surface area contributed by atoms with E-state index in [1.54, 1.807) is 29.2 Å². The van der Waals surface area contributed by atoms with Gasteiger partial charge in [0.15, 0.2) is 15.8 Å². The zero-order valence-electron chi connectivity index (χ0n) is 18.9. The van der Waals surface area contributed by atoms with Crippen LogP contribution in [0, 0.1) is 0 Å². The van der Waals surface area contributed by atoms with Gasteiger partial charge < -0.3 is 14.6 Å². The van der Waals surface area contributed by atoms with E-state index in [2.05, 4.69) is 13.8 Å². The number of ether oxygens (including phenoxy) is 2. The summed E-state index contributed by atoms with van der Waals surface area (Å²) in [4.78, 5) is 25.9. The molecule has 0 aromatic heterocycles. The molecule has 2 aromatic carbocycles. The normalized spacial score (nSPS) is 15.7. The van der Waals surface area contributed by atoms with Gasteiger partial charge in [0.2, 0.25) is 0 Å². The average molecular weight is 486 g/mol. The van der Waals surface area contributed by atoms with E-state index in [1.165, 1.54) is 17.3 Å². The maximum Gasteiger partial charge on any atom is 0.306 e. The number of hydrogen-bond acceptors (Lipinski definition) is 6. The van der Waals surface area contributed by atoms with Crippen molar-refractivity contribution in [2.75, 3.05) is 18.1 Å². The van der Waals surface area contributed by atoms with Crippen molar-refractivity contribution in [3.8, 4) is 11.5 Å². The number of anilines is 1. The molecule has 3 rings (SSSR count). The molecular formula is C25H27NO5S2. The third-order valence-electron chi connectivity index (χ3n) is 5.27. The standard InChI is InChI=1S/C25H27NO5S2/c1-4-16(3)18-7-9-19(10-8-18)26-24(29)22(33-25(26)32)15-17-6-11-20(21(14-17)30-5-2)31-13-12-23(27)28/h6-11,14-16H,4-5,12-13H2,1-3H3,(H,27,28)/b22-15+. The van der Waals surface area contributed by atoms with Crippen molar-refractivity contribution >= 4 is 51.9 Å². The summed E-state index contributed by atoms with van der Waals surface area (Å²) >= 11 is 6.75. The molecule has 33 heavy (non-hydrogen) atoms. The molecule has 8 heteroatoms. The van der Waals surface area contributed by atoms with Gasteiger partial charge >= 0.3 is 5.97 Å². The highest BCUT2D eigenvalue weighted by Gasteiger charge is 2.33. The number of hydrogen-bond donors (Lipinski definition) is 1. The molecule has 1 amide bonds. The monoisotopic (exact) mass is 485 g/mol. The second kappa shape index (κ2) is 11.3. The molecule has 0 radical (unpaired) electrons. The molecule has 1 fully saturated rings. The van der Waals surface area contributed by atoms with Crippen molar-refractivity contribution in [3.05, 3.63) is 58.5 Å². The summed E-state index contributed by atoms with van der Waals surface area (Å²) in [5, 5.41) is 8.80. The second-order valence-electron chi connectivity index (χ2n) is 7.55. The van der Waals surface area contributed by atoms with Crippen LogP contribution in [0.3, 0.4) is 0 Å². The number of amides is 1. The van der Waals surface area contributed by atoms with E-state index in [-0.39, 0.29) is 18.9 Å². The van der Waals surface area contributed by atoms with Crippen LogP contribution in [0.5, 0.6) is 11.5 Å². The molecule has 1 atom stereocenters. The van der Waals surface area contributed by atoms with Gasteiger partial charge in [0.1, 0.15) is 0 Å². The van der Waals surface area contributed by atoms with E-state index < -0.39 is 5.97 Å². The van der Waals surface area contributed by atoms with Gasteiger partial charge in [-0.15, -0.1) is 0 Å². The van der Waals surface area contributed by atoms with Crippen LogP contribution in [0.15, 0.2) is 47.4 Å². The van der Waals surface area contributed by atoms with Gasteiger partial charge in [-0.3, -0.25) is 14.5 Å². The Morgan fingerprint density at radius 2 is 1.88 bits per heavy atom. The van der Waals surface area contributed by atoms with E-state index in [1.807, 2.05) is 31.2 Å². The van der Waals surface area contributed by atoms with Gasteiger partial charge in [-0.25, -0.2) is 0 Å². The molecule has 1 unspecified atom stereocenters. The van der Waals surface area contributed by atoms with Gasteiger partial charge in [0.05, 0.1) is 30.2 Å². The number of carboxylic acids is 1. The van der Waals surface area contributed by atoms with Crippen molar-refractivity contribution in [1.82, 2.24) is 0 Å². The summed E-state index contributed by atoms with van der Waals surface area (Å²) < 4.78 is 11.7. The molecule has 0 bridgehead atoms. The van der Waals surface area contributed by atoms with Crippen LogP contribution in [0.2, 0.25) is 0 Å². The zero-order chi connectivity index (χ0) is 24.0. The third-order valence-corrected chi connectivity index (χ3v) is 6.57. The van der Waals surface area contributed by atoms with Gasteiger partial charge in [-0.05, 0) is 60.7 Å². The molecule has 174 valence electrons. The minimum atomic E-state index is -0.930. The lowest BCUT2D eigenvalue weighted by Crippen LogP contribution is -2.27. The summed E-state index contributed by atoms with van der Waals surface area (Å²) in [5.41, 5.74) is 2.75. The Morgan fingerprint density at radius 3 is 2.52 bits per heavy atom. The maximum absolute atomic E-state index is 13.1. The van der Waals surface area contributed by atoms with Crippen LogP contribution in [-0.4, -0.2) is 34.5 Å². The van der Waals surface area contributed by atoms with Crippen molar-refractivity contribution in [2.45, 2.75) is 39.5 Å². The van der Waals surface area contributed by atoms with Crippen LogP contribution in [0.25, 0.3) is 6.08 Å². The number of rotatable bonds is 10. The summed E-state index contributed by atoms with van der Waals surface area (Å²) in [7, 11) is 0. The highest BCUT2D eigenvalue weighted by molar-refractivity contribution is 8.27. The zero-order valence-corrected chi connectivity index (χ0v) is 20.5. The predicted molar refractivity (Wildman–Crippen MR) is 136 cm³/mol. The van der Waals surface area contributed by atoms with Crippen LogP contribution < -0.4 is 14.4 Å². The number of aliphatic carboxylic acids is 1. The maximum atomic E-state index is 13.1. The topological polar surface area (TPSA) is 76.1 Å². The van der Waals surface area contributed by atoms with E-state index in [0.29, 0.717) is 33.2 Å². The van der Waals surface area contributed by atoms with E-state index >= 15 is 0 Å². The molecule has 0 aliphatic carbocycles. The Bertz CT molecular complexity index is 1060. The number of benzene rings is 2. The van der Waals surface area contributed by atoms with Crippen LogP contribution >= 0.6 is 24.0 Å². The summed E-state index contributed by atoms with van der Waals surface area (Å²) in [6.07, 6.45) is 2.72. The molecule has 1 heterocycles. The van der Waals surface area contributed by atoms with E-state index in [9.17, 15) is 9.59 Å². The van der Waals surface area contributed by atoms with Crippen molar-refractivity contribution < 1.29 is 24.2 Å². The van der Waals surface area contributed by atoms with E-state index in [0.717, 1.165) is 17.7 Å². The van der Waals surface area contributed by atoms with Gasteiger partial charge in [-0.1, -0.05) is 56.0 Å². The third kappa shape index (κ3) is 6.15. The fourth-order valence-corrected chi connectivity index (χ4v) is 4.58. The molecule has 6 nitrogen and oxygen atoms in total. The first-order valence-electron chi connectivity index (χ1n) is 10.8. The molecule has 0 spiro atoms. The number of nitrogens with zero attached hydrogens (tertiary/aromatic N) is 1. The minimum Gasteiger partial charge on any atom is -0.490 e. The summed E-state index contributed by atoms with van der Waals surface area (Å²) in [6, 6.07) is 13.2. The minimum absolute atomic E-state index is 0.0449. The summed E-state index contributed by atoms with van der Waals surface area (Å²) in [6.45, 7) is 6.65. The van der Waals surface area contributed by atoms with Gasteiger partial charge in [0, 0.05) is 0 Å². The fraction of sp³-hybridized carbons (Fsp3) is 0.320. The van der Waals surface area contributed by atoms with Crippen LogP contribution in [-0.2, 0) is 9.59 Å². The van der Waals surface area contributed by atoms with Gasteiger partial charge in [0.25, 0.3) is 5.91 Å². The number of carbonyl (C=O) groups excluding carboxylic acids is 1. The van der Waals surface area contributed by atoms with Crippen molar-refractivity contribution in [2.24, 2.45) is 0 Å². The fourth-order valence-electron chi connectivity index (χ4n) is 3.28. The lowest BCUT2D eigenvalue weighted by atomic mass is 9.98. The van der Waals surface area contributed by atoms with Crippen LogP contribution in [0.4, 0.5) is 5.69 Å². The largest absolute Gasteiger partial charge is 0.490 e. The first-order chi connectivity index (χ1) is 15.8. The lowest BCUT2D eigenvalue weighted by molar-refractivity contribution is -0.137. The number of carbonyl (C=O) groups is 2. The predicted octanol–water partition coefficient (Wildman–Crippen LogP) is 5.86. The highest BCUT2D eigenvalue weighted by atomic mass is 32.2. The molecule has 1 aliphatic heterocycles. The first kappa shape index (κ1) is 24.8. The Kier molecular flexibility index (Phi) is 8.52. The Morgan fingerprint density at radius 1 is 1.15 bits per heavy atom. The summed E-state index contributed by atoms with van der Waals surface area (Å²) in [5.74, 6) is 0.319. The lowest BCUT2D eigenvalue weighted by Gasteiger charge is -2.16. The Labute approximate surface area is 203 Å². The van der Waals surface area contributed by atoms with Crippen molar-refractivity contribution in [1.29, 1.82) is 0 Å². The molecule has 1 N–H and O–H groups in total. The SMILES string of the molecule is CCOc1cc(/C=C2/SC(=S)N(c3ccc(C(C)CC)cc3)C2=O)ccc1OCCC(=O)O. The molecular weight excluding hydrogens is 458 g/mol. The number of thioether (sulfide) groups is 1. The quantitative estimate of drug-likeness (QED) is 0.334. The first-order valence-corrected chi connectivity index (χ1v) is 12.1. The molecule has 0 saturated carbocycles. The number of carboxylic acid groups (broad SMARTS) is 1. The van der Waals surface area contributed by atoms with E-state index in [4.69, 9.17) is 26.8 Å². The molecule has 1 saturated heterocycles. The molecule has 1 aliphatic rings. The van der Waals surface area contributed by atoms with Gasteiger partial charge in [-0.2, -0.15) is 0 Å². The Balaban J connectivity index is 1.80. The van der Waals surface area contributed by atoms with Crippen molar-refractivity contribution in [3.63, 3.8) is 0 Å². The Hall–Kier alpha value is -2.84. The second-order valence-corrected chi connectivity index (χ2v) is 9.23. The number of thiocarbonyl (C=S) groups is 1. The highest BCUT2D eigenvalue weighted by Crippen LogP contribution is 2.37. The smallest absolute Gasteiger partial charge is 0.306 e. The average Bonchev–Trinajstić information content (AvgIpc) is 3.07. The van der Waals surface area contributed by atoms with Crippen LogP contribution in [0.1, 0.15) is 50.7 Å².